The standard InChI is InChI=1S/C2H6O4S/c1-2(3,4)7(5)6/h3-4H,1H3,(H,5,6). The summed E-state index contributed by atoms with van der Waals surface area (Å²) in [6, 6.07) is 0. The zero-order valence-electron chi connectivity index (χ0n) is 3.66. The van der Waals surface area contributed by atoms with E-state index in [1.165, 1.54) is 0 Å². The molecule has 0 amide bonds. The molecule has 0 radical (unpaired) electrons. The van der Waals surface area contributed by atoms with Gasteiger partial charge in [-0.1, -0.05) is 0 Å². The van der Waals surface area contributed by atoms with Gasteiger partial charge in [0.15, 0.2) is 0 Å². The van der Waals surface area contributed by atoms with Crippen LogP contribution < -0.4 is 0 Å². The molecule has 7 heavy (non-hydrogen) atoms. The third-order valence-electron chi connectivity index (χ3n) is 0.331. The van der Waals surface area contributed by atoms with Crippen molar-refractivity contribution in [2.75, 3.05) is 0 Å². The van der Waals surface area contributed by atoms with E-state index in [-0.39, 0.29) is 0 Å². The maximum absolute atomic E-state index is 9.63. The fraction of sp³-hybridized carbons (Fsp3) is 1.00. The van der Waals surface area contributed by atoms with Gasteiger partial charge in [-0.05, 0) is 0 Å². The Bertz CT molecular complexity index is 82.2. The molecule has 0 saturated carbocycles. The Morgan fingerprint density at radius 2 is 1.71 bits per heavy atom. The second-order valence-corrected chi connectivity index (χ2v) is 2.45. The number of hydrogen-bond acceptors (Lipinski definition) is 3. The lowest BCUT2D eigenvalue weighted by Gasteiger charge is -2.07. The van der Waals surface area contributed by atoms with Gasteiger partial charge in [-0.3, -0.25) is 0 Å². The first-order valence-electron chi connectivity index (χ1n) is 1.50. The van der Waals surface area contributed by atoms with Gasteiger partial charge in [-0.15, -0.1) is 0 Å². The fourth-order valence-electron chi connectivity index (χ4n) is 0. The third kappa shape index (κ3) is 2.69. The van der Waals surface area contributed by atoms with E-state index in [1.807, 2.05) is 0 Å². The molecule has 0 fully saturated rings. The molecule has 0 bridgehead atoms. The Morgan fingerprint density at radius 1 is 1.57 bits per heavy atom. The molecule has 0 aromatic carbocycles. The number of aliphatic hydroxyl groups is 2. The Balaban J connectivity index is 3.79. The van der Waals surface area contributed by atoms with Gasteiger partial charge in [-0.2, -0.15) is 0 Å². The van der Waals surface area contributed by atoms with Gasteiger partial charge in [0, 0.05) is 6.92 Å². The van der Waals surface area contributed by atoms with E-state index in [2.05, 4.69) is 0 Å². The highest BCUT2D eigenvalue weighted by molar-refractivity contribution is 7.80. The van der Waals surface area contributed by atoms with E-state index in [4.69, 9.17) is 14.8 Å². The van der Waals surface area contributed by atoms with Crippen LogP contribution >= 0.6 is 0 Å². The number of hydrogen-bond donors (Lipinski definition) is 3. The predicted octanol–water partition coefficient (Wildman–Crippen LogP) is -1.13. The molecule has 1 unspecified atom stereocenters. The van der Waals surface area contributed by atoms with Crippen molar-refractivity contribution in [3.63, 3.8) is 0 Å². The molecule has 0 aromatic heterocycles. The molecule has 0 aliphatic heterocycles. The van der Waals surface area contributed by atoms with E-state index in [0.29, 0.717) is 0 Å². The third-order valence-corrected chi connectivity index (χ3v) is 0.992. The lowest BCUT2D eigenvalue weighted by Crippen LogP contribution is -2.28. The number of rotatable bonds is 1. The van der Waals surface area contributed by atoms with Gasteiger partial charge >= 0.3 is 0 Å². The van der Waals surface area contributed by atoms with Crippen LogP contribution in [0.5, 0.6) is 0 Å². The molecular formula is C2H6O4S. The topological polar surface area (TPSA) is 77.8 Å². The minimum atomic E-state index is -2.57. The molecule has 0 rings (SSSR count). The van der Waals surface area contributed by atoms with Crippen LogP contribution in [-0.4, -0.2) is 24.1 Å². The van der Waals surface area contributed by atoms with Gasteiger partial charge in [0.05, 0.1) is 0 Å². The van der Waals surface area contributed by atoms with Gasteiger partial charge in [0.1, 0.15) is 0 Å². The Hall–Kier alpha value is 0.0300. The van der Waals surface area contributed by atoms with E-state index in [9.17, 15) is 4.21 Å². The van der Waals surface area contributed by atoms with Crippen LogP contribution in [0.4, 0.5) is 0 Å². The van der Waals surface area contributed by atoms with Crippen molar-refractivity contribution >= 4 is 11.1 Å². The molecule has 0 heterocycles. The van der Waals surface area contributed by atoms with Gasteiger partial charge in [0.25, 0.3) is 5.12 Å². The second-order valence-electron chi connectivity index (χ2n) is 1.18. The van der Waals surface area contributed by atoms with Crippen LogP contribution in [0.25, 0.3) is 0 Å². The highest BCUT2D eigenvalue weighted by atomic mass is 32.2. The quantitative estimate of drug-likeness (QED) is 0.307. The summed E-state index contributed by atoms with van der Waals surface area (Å²) in [6.07, 6.45) is 0. The van der Waals surface area contributed by atoms with Crippen molar-refractivity contribution in [1.29, 1.82) is 0 Å². The van der Waals surface area contributed by atoms with Crippen molar-refractivity contribution in [2.45, 2.75) is 12.0 Å². The molecular weight excluding hydrogens is 120 g/mol. The zero-order valence-corrected chi connectivity index (χ0v) is 4.47. The largest absolute Gasteiger partial charge is 0.354 e. The van der Waals surface area contributed by atoms with E-state index < -0.39 is 16.2 Å². The SMILES string of the molecule is CC(O)(O)S(=O)O. The summed E-state index contributed by atoms with van der Waals surface area (Å²) in [6.45, 7) is 0.823. The van der Waals surface area contributed by atoms with Crippen LogP contribution in [0, 0.1) is 0 Å². The molecule has 1 atom stereocenters. The molecule has 0 saturated heterocycles. The Labute approximate surface area is 43.1 Å². The summed E-state index contributed by atoms with van der Waals surface area (Å²) in [7, 11) is 0. The van der Waals surface area contributed by atoms with E-state index in [1.54, 1.807) is 0 Å². The van der Waals surface area contributed by atoms with Crippen LogP contribution in [-0.2, 0) is 11.1 Å². The van der Waals surface area contributed by atoms with Gasteiger partial charge in [-0.25, -0.2) is 4.21 Å². The molecule has 0 aliphatic carbocycles. The van der Waals surface area contributed by atoms with E-state index in [0.717, 1.165) is 6.92 Å². The summed E-state index contributed by atoms with van der Waals surface area (Å²) < 4.78 is 17.5. The monoisotopic (exact) mass is 126 g/mol. The first-order valence-corrected chi connectivity index (χ1v) is 2.61. The summed E-state index contributed by atoms with van der Waals surface area (Å²) >= 11 is -2.57. The Kier molecular flexibility index (Phi) is 1.88. The van der Waals surface area contributed by atoms with E-state index >= 15 is 0 Å². The highest BCUT2D eigenvalue weighted by Crippen LogP contribution is 1.98. The molecule has 0 aliphatic rings. The second kappa shape index (κ2) is 1.87. The van der Waals surface area contributed by atoms with Crippen LogP contribution in [0.3, 0.4) is 0 Å². The van der Waals surface area contributed by atoms with Gasteiger partial charge < -0.3 is 14.8 Å². The summed E-state index contributed by atoms with van der Waals surface area (Å²) in [5, 5.41) is 13.7. The predicted molar refractivity (Wildman–Crippen MR) is 23.6 cm³/mol. The zero-order chi connectivity index (χ0) is 6.08. The summed E-state index contributed by atoms with van der Waals surface area (Å²) in [4.78, 5) is 0. The first kappa shape index (κ1) is 7.03. The minimum absolute atomic E-state index is 0.823. The van der Waals surface area contributed by atoms with Crippen molar-refractivity contribution in [3.05, 3.63) is 0 Å². The van der Waals surface area contributed by atoms with Crippen molar-refractivity contribution in [3.8, 4) is 0 Å². The first-order chi connectivity index (χ1) is 2.94. The molecule has 5 heteroatoms. The Morgan fingerprint density at radius 3 is 1.71 bits per heavy atom. The summed E-state index contributed by atoms with van der Waals surface area (Å²) in [5.41, 5.74) is 0. The van der Waals surface area contributed by atoms with Crippen LogP contribution in [0.15, 0.2) is 0 Å². The smallest absolute Gasteiger partial charge is 0.265 e. The maximum atomic E-state index is 9.63. The maximum Gasteiger partial charge on any atom is 0.265 e. The molecule has 3 N–H and O–H groups in total. The average molecular weight is 126 g/mol. The van der Waals surface area contributed by atoms with Crippen molar-refractivity contribution in [1.82, 2.24) is 0 Å². The highest BCUT2D eigenvalue weighted by Gasteiger charge is 2.22. The lowest BCUT2D eigenvalue weighted by molar-refractivity contribution is -0.0689. The minimum Gasteiger partial charge on any atom is -0.354 e. The molecule has 44 valence electrons. The van der Waals surface area contributed by atoms with Crippen molar-refractivity contribution in [2.24, 2.45) is 0 Å². The lowest BCUT2D eigenvalue weighted by atomic mass is 10.8. The fourth-order valence-corrected chi connectivity index (χ4v) is 0. The normalized spacial score (nSPS) is 16.6. The molecule has 0 aromatic rings. The average Bonchev–Trinajstić information content (AvgIpc) is 1.31. The van der Waals surface area contributed by atoms with Crippen LogP contribution in [0.2, 0.25) is 0 Å². The summed E-state index contributed by atoms with van der Waals surface area (Å²) in [5.74, 6) is 0. The van der Waals surface area contributed by atoms with Gasteiger partial charge in [0.2, 0.25) is 11.1 Å². The van der Waals surface area contributed by atoms with Crippen LogP contribution in [0.1, 0.15) is 6.92 Å². The molecule has 4 nitrogen and oxygen atoms in total. The molecule has 0 spiro atoms. The van der Waals surface area contributed by atoms with Crippen molar-refractivity contribution < 1.29 is 19.0 Å².